The number of aryl methyl sites for hydroxylation is 3. The highest BCUT2D eigenvalue weighted by molar-refractivity contribution is 6.18. The first-order valence-corrected chi connectivity index (χ1v) is 12.4. The van der Waals surface area contributed by atoms with E-state index in [1.54, 1.807) is 17.7 Å². The SMILES string of the molecule is [2H]C([2H])([2H])c1cc(-c2c(C)ccc3c2oc2c(-c4cc5ccccc5c5ccccc45)c(F)ccc23)[n+](C)cc1F. The second-order valence-corrected chi connectivity index (χ2v) is 9.76. The monoisotopic (exact) mass is 503 g/mol. The first kappa shape index (κ1) is 19.5. The first-order chi connectivity index (χ1) is 19.6. The van der Waals surface area contributed by atoms with Gasteiger partial charge in [0.05, 0.1) is 11.1 Å². The Morgan fingerprint density at radius 3 is 2.16 bits per heavy atom. The summed E-state index contributed by atoms with van der Waals surface area (Å²) >= 11 is 0. The van der Waals surface area contributed by atoms with Gasteiger partial charge in [-0.2, -0.15) is 4.57 Å². The Bertz CT molecular complexity index is 2200. The topological polar surface area (TPSA) is 17.0 Å². The molecule has 7 rings (SSSR count). The van der Waals surface area contributed by atoms with Crippen molar-refractivity contribution in [2.24, 2.45) is 7.05 Å². The summed E-state index contributed by atoms with van der Waals surface area (Å²) in [5, 5.41) is 5.47. The predicted molar refractivity (Wildman–Crippen MR) is 150 cm³/mol. The smallest absolute Gasteiger partial charge is 0.216 e. The second-order valence-electron chi connectivity index (χ2n) is 9.76. The number of nitrogens with zero attached hydrogens (tertiary/aromatic N) is 1. The lowest BCUT2D eigenvalue weighted by Crippen LogP contribution is -2.31. The van der Waals surface area contributed by atoms with Gasteiger partial charge in [-0.05, 0) is 70.2 Å². The summed E-state index contributed by atoms with van der Waals surface area (Å²) in [6.07, 6.45) is 1.17. The summed E-state index contributed by atoms with van der Waals surface area (Å²) in [7, 11) is 1.66. The molecule has 0 aliphatic rings. The van der Waals surface area contributed by atoms with E-state index in [4.69, 9.17) is 8.53 Å². The lowest BCUT2D eigenvalue weighted by molar-refractivity contribution is -0.662. The minimum absolute atomic E-state index is 0.357. The zero-order valence-corrected chi connectivity index (χ0v) is 20.8. The molecule has 0 saturated carbocycles. The highest BCUT2D eigenvalue weighted by Crippen LogP contribution is 2.44. The molecule has 0 aliphatic heterocycles. The van der Waals surface area contributed by atoms with E-state index < -0.39 is 18.5 Å². The number of benzene rings is 5. The minimum atomic E-state index is -2.63. The maximum Gasteiger partial charge on any atom is 0.216 e. The van der Waals surface area contributed by atoms with Crippen LogP contribution in [0.25, 0.3) is 65.9 Å². The molecule has 184 valence electrons. The van der Waals surface area contributed by atoms with Crippen molar-refractivity contribution in [3.63, 3.8) is 0 Å². The van der Waals surface area contributed by atoms with Gasteiger partial charge in [0, 0.05) is 21.0 Å². The molecule has 38 heavy (non-hydrogen) atoms. The third kappa shape index (κ3) is 3.20. The van der Waals surface area contributed by atoms with Crippen molar-refractivity contribution in [3.05, 3.63) is 114 Å². The van der Waals surface area contributed by atoms with Crippen molar-refractivity contribution in [1.29, 1.82) is 0 Å². The summed E-state index contributed by atoms with van der Waals surface area (Å²) in [6, 6.07) is 26.3. The largest absolute Gasteiger partial charge is 0.454 e. The van der Waals surface area contributed by atoms with Crippen molar-refractivity contribution in [2.45, 2.75) is 13.8 Å². The van der Waals surface area contributed by atoms with Gasteiger partial charge in [-0.15, -0.1) is 0 Å². The Hall–Kier alpha value is -4.57. The maximum absolute atomic E-state index is 15.9. The number of pyridine rings is 1. The van der Waals surface area contributed by atoms with E-state index in [9.17, 15) is 4.39 Å². The van der Waals surface area contributed by atoms with Crippen LogP contribution >= 0.6 is 0 Å². The summed E-state index contributed by atoms with van der Waals surface area (Å²) in [5.74, 6) is -1.22. The quantitative estimate of drug-likeness (QED) is 0.170. The summed E-state index contributed by atoms with van der Waals surface area (Å²) < 4.78 is 62.2. The van der Waals surface area contributed by atoms with Crippen molar-refractivity contribution < 1.29 is 21.9 Å². The zero-order valence-electron chi connectivity index (χ0n) is 23.8. The Morgan fingerprint density at radius 1 is 0.684 bits per heavy atom. The van der Waals surface area contributed by atoms with Crippen LogP contribution in [0.4, 0.5) is 8.78 Å². The molecule has 0 saturated heterocycles. The third-order valence-electron chi connectivity index (χ3n) is 7.49. The fourth-order valence-electron chi connectivity index (χ4n) is 5.67. The molecule has 4 heteroatoms. The summed E-state index contributed by atoms with van der Waals surface area (Å²) in [4.78, 5) is 0. The van der Waals surface area contributed by atoms with Crippen molar-refractivity contribution in [2.75, 3.05) is 0 Å². The van der Waals surface area contributed by atoms with Gasteiger partial charge in [0.2, 0.25) is 11.9 Å². The van der Waals surface area contributed by atoms with E-state index in [1.165, 1.54) is 18.3 Å². The van der Waals surface area contributed by atoms with Crippen LogP contribution in [-0.2, 0) is 7.05 Å². The Labute approximate surface area is 222 Å². The molecular weight excluding hydrogens is 476 g/mol. The number of fused-ring (bicyclic) bond motifs is 6. The maximum atomic E-state index is 15.9. The molecule has 5 aromatic carbocycles. The van der Waals surface area contributed by atoms with Gasteiger partial charge in [-0.25, -0.2) is 8.78 Å². The van der Waals surface area contributed by atoms with Gasteiger partial charge in [0.25, 0.3) is 0 Å². The van der Waals surface area contributed by atoms with Gasteiger partial charge >= 0.3 is 0 Å². The molecule has 0 N–H and O–H groups in total. The molecule has 0 fully saturated rings. The van der Waals surface area contributed by atoms with Crippen LogP contribution in [0.3, 0.4) is 0 Å². The van der Waals surface area contributed by atoms with Crippen LogP contribution in [-0.4, -0.2) is 0 Å². The lowest BCUT2D eigenvalue weighted by atomic mass is 9.92. The van der Waals surface area contributed by atoms with E-state index in [1.807, 2.05) is 67.6 Å². The van der Waals surface area contributed by atoms with Gasteiger partial charge in [-0.3, -0.25) is 0 Å². The molecule has 7 aromatic rings. The average Bonchev–Trinajstić information content (AvgIpc) is 3.31. The Kier molecular flexibility index (Phi) is 4.22. The molecular formula is C34H24F2NO+. The highest BCUT2D eigenvalue weighted by atomic mass is 19.1. The van der Waals surface area contributed by atoms with E-state index in [-0.39, 0.29) is 5.56 Å². The molecule has 0 atom stereocenters. The fourth-order valence-corrected chi connectivity index (χ4v) is 5.67. The number of hydrogen-bond donors (Lipinski definition) is 0. The number of furan rings is 1. The van der Waals surface area contributed by atoms with Crippen LogP contribution in [0.1, 0.15) is 15.2 Å². The van der Waals surface area contributed by atoms with Crippen LogP contribution < -0.4 is 4.57 Å². The van der Waals surface area contributed by atoms with Crippen LogP contribution in [0.15, 0.2) is 95.5 Å². The molecule has 2 nitrogen and oxygen atoms in total. The lowest BCUT2D eigenvalue weighted by Gasteiger charge is -2.12. The first-order valence-electron chi connectivity index (χ1n) is 13.9. The predicted octanol–water partition coefficient (Wildman–Crippen LogP) is 8.95. The van der Waals surface area contributed by atoms with Gasteiger partial charge in [0.15, 0.2) is 5.82 Å². The molecule has 0 amide bonds. The highest BCUT2D eigenvalue weighted by Gasteiger charge is 2.25. The molecule has 2 aromatic heterocycles. The van der Waals surface area contributed by atoms with E-state index in [2.05, 4.69) is 6.07 Å². The molecule has 0 unspecified atom stereocenters. The number of halogens is 2. The summed E-state index contributed by atoms with van der Waals surface area (Å²) in [5.41, 5.74) is 3.51. The number of rotatable bonds is 2. The van der Waals surface area contributed by atoms with Crippen molar-refractivity contribution in [3.8, 4) is 22.4 Å². The van der Waals surface area contributed by atoms with Gasteiger partial charge in [0.1, 0.15) is 24.0 Å². The van der Waals surface area contributed by atoms with Gasteiger partial charge < -0.3 is 4.42 Å². The molecule has 0 radical (unpaired) electrons. The second kappa shape index (κ2) is 8.22. The van der Waals surface area contributed by atoms with Crippen LogP contribution in [0, 0.1) is 25.4 Å². The van der Waals surface area contributed by atoms with E-state index >= 15 is 4.39 Å². The molecule has 0 spiro atoms. The number of hydrogen-bond acceptors (Lipinski definition) is 1. The van der Waals surface area contributed by atoms with Gasteiger partial charge in [-0.1, -0.05) is 60.7 Å². The van der Waals surface area contributed by atoms with Crippen molar-refractivity contribution in [1.82, 2.24) is 0 Å². The fraction of sp³-hybridized carbons (Fsp3) is 0.0882. The third-order valence-corrected chi connectivity index (χ3v) is 7.49. The normalized spacial score (nSPS) is 13.3. The average molecular weight is 504 g/mol. The molecule has 0 aliphatic carbocycles. The summed E-state index contributed by atoms with van der Waals surface area (Å²) in [6.45, 7) is -0.741. The van der Waals surface area contributed by atoms with E-state index in [0.29, 0.717) is 28.0 Å². The molecule has 2 heterocycles. The van der Waals surface area contributed by atoms with Crippen LogP contribution in [0.5, 0.6) is 0 Å². The number of aromatic nitrogens is 1. The van der Waals surface area contributed by atoms with E-state index in [0.717, 1.165) is 43.4 Å². The Morgan fingerprint density at radius 2 is 1.37 bits per heavy atom. The van der Waals surface area contributed by atoms with Crippen LogP contribution in [0.2, 0.25) is 0 Å². The molecule has 0 bridgehead atoms. The zero-order chi connectivity index (χ0) is 28.6. The van der Waals surface area contributed by atoms with Crippen molar-refractivity contribution >= 4 is 43.5 Å². The standard InChI is InChI=1S/C34H24F2NO/c1-19-12-13-25-26-14-15-28(35)32(27-17-21-8-4-5-9-22(21)23-10-6-7-11-24(23)27)34(26)38-33(25)31(19)30-16-20(2)29(36)18-37(30)3/h4-18H,1-3H3/q+1/i2D3. The Balaban J connectivity index is 1.59. The minimum Gasteiger partial charge on any atom is -0.454 e.